The van der Waals surface area contributed by atoms with Crippen LogP contribution in [0.3, 0.4) is 0 Å². The van der Waals surface area contributed by atoms with Gasteiger partial charge in [-0.05, 0) is 36.4 Å². The van der Waals surface area contributed by atoms with Crippen molar-refractivity contribution in [2.75, 3.05) is 47.4 Å². The lowest BCUT2D eigenvalue weighted by molar-refractivity contribution is -0.129. The first-order valence-electron chi connectivity index (χ1n) is 10.3. The lowest BCUT2D eigenvalue weighted by Gasteiger charge is -2.35. The summed E-state index contributed by atoms with van der Waals surface area (Å²) in [6.45, 7) is 4.68. The van der Waals surface area contributed by atoms with Crippen LogP contribution < -0.4 is 14.9 Å². The Kier molecular flexibility index (Phi) is 6.96. The Morgan fingerprint density at radius 2 is 1.84 bits per heavy atom. The Balaban J connectivity index is 1.39. The zero-order valence-electron chi connectivity index (χ0n) is 18.0. The van der Waals surface area contributed by atoms with E-state index in [9.17, 15) is 9.59 Å². The number of hydrogen-bond acceptors (Lipinski definition) is 7. The minimum atomic E-state index is -0.137. The molecule has 2 N–H and O–H groups in total. The Bertz CT molecular complexity index is 1090. The van der Waals surface area contributed by atoms with E-state index >= 15 is 0 Å². The molecular weight excluding hydrogens is 442 g/mol. The summed E-state index contributed by atoms with van der Waals surface area (Å²) in [5.74, 6) is -0.0118. The normalized spacial score (nSPS) is 13.7. The molecule has 1 fully saturated rings. The van der Waals surface area contributed by atoms with E-state index in [2.05, 4.69) is 19.9 Å². The van der Waals surface area contributed by atoms with Gasteiger partial charge in [-0.1, -0.05) is 18.0 Å². The molecule has 166 valence electrons. The van der Waals surface area contributed by atoms with Gasteiger partial charge in [-0.3, -0.25) is 14.6 Å². The molecular formula is C23H25N5O2S2. The summed E-state index contributed by atoms with van der Waals surface area (Å²) in [5.41, 5.74) is 4.48. The van der Waals surface area contributed by atoms with Gasteiger partial charge in [0.15, 0.2) is 0 Å². The van der Waals surface area contributed by atoms with Gasteiger partial charge in [-0.15, -0.1) is 11.3 Å². The summed E-state index contributed by atoms with van der Waals surface area (Å²) in [6.07, 6.45) is 3.81. The van der Waals surface area contributed by atoms with Gasteiger partial charge in [0.25, 0.3) is 5.91 Å². The van der Waals surface area contributed by atoms with Crippen LogP contribution in [0.25, 0.3) is 11.3 Å². The zero-order valence-corrected chi connectivity index (χ0v) is 19.6. The minimum absolute atomic E-state index is 0.125. The van der Waals surface area contributed by atoms with Crippen LogP contribution >= 0.6 is 23.3 Å². The molecule has 0 radical (unpaired) electrons. The number of piperazine rings is 1. The lowest BCUT2D eigenvalue weighted by atomic mass is 10.2. The van der Waals surface area contributed by atoms with Crippen molar-refractivity contribution in [2.24, 2.45) is 0 Å². The average molecular weight is 468 g/mol. The van der Waals surface area contributed by atoms with Gasteiger partial charge >= 0.3 is 0 Å². The maximum absolute atomic E-state index is 12.7. The summed E-state index contributed by atoms with van der Waals surface area (Å²) in [7, 11) is 0. The summed E-state index contributed by atoms with van der Waals surface area (Å²) in [6, 6.07) is 13.5. The number of nitrogens with one attached hydrogen (secondary N) is 2. The van der Waals surface area contributed by atoms with Gasteiger partial charge in [-0.25, -0.2) is 0 Å². The van der Waals surface area contributed by atoms with Gasteiger partial charge < -0.3 is 19.8 Å². The highest BCUT2D eigenvalue weighted by Gasteiger charge is 2.19. The molecule has 0 aliphatic carbocycles. The third-order valence-electron chi connectivity index (χ3n) is 5.30. The molecule has 0 bridgehead atoms. The zero-order chi connectivity index (χ0) is 22.5. The molecule has 9 heteroatoms. The van der Waals surface area contributed by atoms with Crippen LogP contribution in [0.15, 0.2) is 54.0 Å². The first kappa shape index (κ1) is 22.2. The predicted molar refractivity (Wildman–Crippen MR) is 134 cm³/mol. The van der Waals surface area contributed by atoms with Crippen LogP contribution in [0.2, 0.25) is 0 Å². The second-order valence-electron chi connectivity index (χ2n) is 7.44. The van der Waals surface area contributed by atoms with Crippen molar-refractivity contribution >= 4 is 52.2 Å². The quantitative estimate of drug-likeness (QED) is 0.523. The molecule has 7 nitrogen and oxygen atoms in total. The predicted octanol–water partition coefficient (Wildman–Crippen LogP) is 4.42. The molecule has 0 spiro atoms. The van der Waals surface area contributed by atoms with Crippen molar-refractivity contribution in [1.29, 1.82) is 0 Å². The first-order valence-corrected chi connectivity index (χ1v) is 12.4. The summed E-state index contributed by atoms with van der Waals surface area (Å²) in [4.78, 5) is 33.5. The molecule has 32 heavy (non-hydrogen) atoms. The number of anilines is 3. The number of thiophene rings is 1. The van der Waals surface area contributed by atoms with Gasteiger partial charge in [-0.2, -0.15) is 0 Å². The smallest absolute Gasteiger partial charge is 0.265 e. The molecule has 0 saturated carbocycles. The van der Waals surface area contributed by atoms with E-state index in [0.29, 0.717) is 4.88 Å². The van der Waals surface area contributed by atoms with Crippen LogP contribution in [0.1, 0.15) is 16.6 Å². The fraction of sp³-hybridized carbons (Fsp3) is 0.261. The molecule has 1 aromatic carbocycles. The van der Waals surface area contributed by atoms with Crippen molar-refractivity contribution in [3.05, 3.63) is 58.9 Å². The number of hydrogen-bond donors (Lipinski definition) is 2. The number of aromatic nitrogens is 1. The SMILES string of the molecule is CSNc1cccc(NC(=O)c2cc(-c3ccc(N4CCN(C(C)=O)CC4)cn3)cs2)c1. The Hall–Kier alpha value is -3.04. The van der Waals surface area contributed by atoms with Crippen LogP contribution in [-0.2, 0) is 4.79 Å². The van der Waals surface area contributed by atoms with Crippen molar-refractivity contribution in [3.63, 3.8) is 0 Å². The van der Waals surface area contributed by atoms with Crippen molar-refractivity contribution < 1.29 is 9.59 Å². The highest BCUT2D eigenvalue weighted by atomic mass is 32.2. The average Bonchev–Trinajstić information content (AvgIpc) is 3.30. The van der Waals surface area contributed by atoms with E-state index in [1.807, 2.05) is 65.2 Å². The van der Waals surface area contributed by atoms with Crippen molar-refractivity contribution in [2.45, 2.75) is 6.92 Å². The molecule has 0 atom stereocenters. The number of pyridine rings is 1. The van der Waals surface area contributed by atoms with Gasteiger partial charge in [0.05, 0.1) is 22.5 Å². The summed E-state index contributed by atoms with van der Waals surface area (Å²) < 4.78 is 3.16. The third kappa shape index (κ3) is 5.23. The fourth-order valence-corrected chi connectivity index (χ4v) is 4.74. The monoisotopic (exact) mass is 467 g/mol. The van der Waals surface area contributed by atoms with E-state index in [1.54, 1.807) is 6.92 Å². The highest BCUT2D eigenvalue weighted by Crippen LogP contribution is 2.27. The standard InChI is InChI=1S/C23H25N5O2S2/c1-16(29)27-8-10-28(11-9-27)20-6-7-21(24-14-20)17-12-22(32-15-17)23(30)25-18-4-3-5-19(13-18)26-31-2/h3-7,12-15,26H,8-11H2,1-2H3,(H,25,30). The lowest BCUT2D eigenvalue weighted by Crippen LogP contribution is -2.48. The number of carbonyl (C=O) groups is 2. The Labute approximate surface area is 196 Å². The summed E-state index contributed by atoms with van der Waals surface area (Å²) in [5, 5.41) is 4.91. The maximum atomic E-state index is 12.7. The number of amides is 2. The number of nitrogens with zero attached hydrogens (tertiary/aromatic N) is 3. The van der Waals surface area contributed by atoms with Crippen molar-refractivity contribution in [3.8, 4) is 11.3 Å². The molecule has 3 heterocycles. The minimum Gasteiger partial charge on any atom is -0.367 e. The molecule has 4 rings (SSSR count). The Morgan fingerprint density at radius 1 is 1.06 bits per heavy atom. The molecule has 1 saturated heterocycles. The van der Waals surface area contributed by atoms with E-state index in [4.69, 9.17) is 0 Å². The molecule has 1 aliphatic rings. The van der Waals surface area contributed by atoms with Crippen molar-refractivity contribution in [1.82, 2.24) is 9.88 Å². The van der Waals surface area contributed by atoms with Gasteiger partial charge in [0.2, 0.25) is 5.91 Å². The van der Waals surface area contributed by atoms with Crippen LogP contribution in [0.4, 0.5) is 17.1 Å². The number of rotatable bonds is 6. The van der Waals surface area contributed by atoms with E-state index < -0.39 is 0 Å². The number of benzene rings is 1. The van der Waals surface area contributed by atoms with Gasteiger partial charge in [0, 0.05) is 61.7 Å². The second-order valence-corrected chi connectivity index (χ2v) is 8.96. The Morgan fingerprint density at radius 3 is 2.53 bits per heavy atom. The third-order valence-corrected chi connectivity index (χ3v) is 6.67. The maximum Gasteiger partial charge on any atom is 0.265 e. The van der Waals surface area contributed by atoms with Gasteiger partial charge in [0.1, 0.15) is 0 Å². The molecule has 0 unspecified atom stereocenters. The van der Waals surface area contributed by atoms with Crippen LogP contribution in [0.5, 0.6) is 0 Å². The number of carbonyl (C=O) groups excluding carboxylic acids is 2. The van der Waals surface area contributed by atoms with E-state index in [-0.39, 0.29) is 11.8 Å². The highest BCUT2D eigenvalue weighted by molar-refractivity contribution is 7.99. The topological polar surface area (TPSA) is 77.6 Å². The molecule has 2 amide bonds. The van der Waals surface area contributed by atoms with E-state index in [0.717, 1.165) is 54.5 Å². The molecule has 1 aliphatic heterocycles. The first-order chi connectivity index (χ1) is 15.5. The van der Waals surface area contributed by atoms with Crippen LogP contribution in [0, 0.1) is 0 Å². The summed E-state index contributed by atoms with van der Waals surface area (Å²) >= 11 is 2.91. The molecule has 3 aromatic rings. The van der Waals surface area contributed by atoms with Crippen LogP contribution in [-0.4, -0.2) is 54.1 Å². The van der Waals surface area contributed by atoms with E-state index in [1.165, 1.54) is 23.3 Å². The largest absolute Gasteiger partial charge is 0.367 e. The molecule has 2 aromatic heterocycles. The fourth-order valence-electron chi connectivity index (χ4n) is 3.58. The second kappa shape index (κ2) is 10.1.